The van der Waals surface area contributed by atoms with Gasteiger partial charge in [0.15, 0.2) is 0 Å². The number of allylic oxidation sites excluding steroid dienone is 5. The van der Waals surface area contributed by atoms with Crippen LogP contribution in [0, 0.1) is 20.8 Å². The van der Waals surface area contributed by atoms with Crippen LogP contribution in [0.1, 0.15) is 37.5 Å². The number of aryl methyl sites for hydroxylation is 3. The predicted molar refractivity (Wildman–Crippen MR) is 95.5 cm³/mol. The van der Waals surface area contributed by atoms with E-state index in [-0.39, 0.29) is 7.92 Å². The van der Waals surface area contributed by atoms with Crippen molar-refractivity contribution < 1.29 is 0 Å². The van der Waals surface area contributed by atoms with Crippen molar-refractivity contribution in [2.75, 3.05) is 6.66 Å². The molecule has 0 saturated heterocycles. The van der Waals surface area contributed by atoms with Crippen LogP contribution in [-0.4, -0.2) is 6.66 Å². The monoisotopic (exact) mass is 286 g/mol. The third kappa shape index (κ3) is 3.93. The molecule has 0 radical (unpaired) electrons. The van der Waals surface area contributed by atoms with E-state index in [0.717, 1.165) is 0 Å². The lowest BCUT2D eigenvalue weighted by Crippen LogP contribution is -2.11. The maximum atomic E-state index is 3.83. The lowest BCUT2D eigenvalue weighted by molar-refractivity contribution is 1.35. The van der Waals surface area contributed by atoms with E-state index < -0.39 is 0 Å². The largest absolute Gasteiger partial charge is 0.0988 e. The summed E-state index contributed by atoms with van der Waals surface area (Å²) in [6.45, 7) is 19.4. The Kier molecular flexibility index (Phi) is 5.96. The van der Waals surface area contributed by atoms with Crippen LogP contribution in [0.4, 0.5) is 0 Å². The molecule has 0 heterocycles. The molecule has 0 aliphatic heterocycles. The van der Waals surface area contributed by atoms with E-state index in [1.807, 2.05) is 6.08 Å². The summed E-state index contributed by atoms with van der Waals surface area (Å²) in [7, 11) is -0.265. The van der Waals surface area contributed by atoms with Crippen molar-refractivity contribution in [2.24, 2.45) is 0 Å². The molecule has 0 aliphatic carbocycles. The first-order valence-electron chi connectivity index (χ1n) is 7.07. The van der Waals surface area contributed by atoms with Gasteiger partial charge in [0.05, 0.1) is 0 Å². The van der Waals surface area contributed by atoms with Crippen molar-refractivity contribution >= 4 is 13.2 Å². The van der Waals surface area contributed by atoms with E-state index in [1.54, 1.807) is 0 Å². The second-order valence-corrected chi connectivity index (χ2v) is 7.90. The molecule has 0 bridgehead atoms. The highest BCUT2D eigenvalue weighted by Gasteiger charge is 2.14. The Hall–Kier alpha value is -1.13. The third-order valence-electron chi connectivity index (χ3n) is 3.81. The minimum atomic E-state index is -0.265. The van der Waals surface area contributed by atoms with Gasteiger partial charge in [-0.25, -0.2) is 0 Å². The average molecular weight is 286 g/mol. The van der Waals surface area contributed by atoms with Crippen LogP contribution >= 0.6 is 7.92 Å². The smallest absolute Gasteiger partial charge is 0.0143 e. The van der Waals surface area contributed by atoms with E-state index in [0.29, 0.717) is 0 Å². The molecule has 0 aliphatic rings. The lowest BCUT2D eigenvalue weighted by atomic mass is 10.1. The van der Waals surface area contributed by atoms with Gasteiger partial charge < -0.3 is 0 Å². The first-order valence-corrected chi connectivity index (χ1v) is 8.86. The Balaban J connectivity index is 3.28. The van der Waals surface area contributed by atoms with E-state index in [4.69, 9.17) is 0 Å². The Morgan fingerprint density at radius 1 is 1.05 bits per heavy atom. The molecule has 1 atom stereocenters. The summed E-state index contributed by atoms with van der Waals surface area (Å²) in [5.74, 6) is 0. The van der Waals surface area contributed by atoms with Gasteiger partial charge in [-0.05, 0) is 75.5 Å². The number of rotatable bonds is 4. The van der Waals surface area contributed by atoms with E-state index in [2.05, 4.69) is 73.0 Å². The molecule has 1 unspecified atom stereocenters. The second kappa shape index (κ2) is 7.04. The molecular formula is C19H27P. The Morgan fingerprint density at radius 3 is 2.00 bits per heavy atom. The zero-order valence-electron chi connectivity index (χ0n) is 14.0. The SMILES string of the molecule is C=C/C(C)=C\C(C)=C(/C)P(C)c1c(C)cc(C)cc1C. The molecule has 0 fully saturated rings. The van der Waals surface area contributed by atoms with Gasteiger partial charge in [0.2, 0.25) is 0 Å². The van der Waals surface area contributed by atoms with Crippen LogP contribution in [0.2, 0.25) is 0 Å². The maximum Gasteiger partial charge on any atom is -0.0143 e. The number of benzene rings is 1. The molecule has 1 aromatic rings. The summed E-state index contributed by atoms with van der Waals surface area (Å²) in [5, 5.41) is 3.03. The van der Waals surface area contributed by atoms with E-state index in [1.165, 1.54) is 38.5 Å². The lowest BCUT2D eigenvalue weighted by Gasteiger charge is -2.21. The van der Waals surface area contributed by atoms with Crippen molar-refractivity contribution in [3.05, 3.63) is 64.0 Å². The van der Waals surface area contributed by atoms with Crippen molar-refractivity contribution in [2.45, 2.75) is 41.5 Å². The van der Waals surface area contributed by atoms with Gasteiger partial charge in [-0.1, -0.05) is 49.9 Å². The van der Waals surface area contributed by atoms with Gasteiger partial charge in [0.1, 0.15) is 0 Å². The zero-order chi connectivity index (χ0) is 15.4. The molecule has 0 saturated carbocycles. The zero-order valence-corrected chi connectivity index (χ0v) is 14.9. The van der Waals surface area contributed by atoms with Crippen LogP contribution in [0.25, 0.3) is 0 Å². The fraction of sp³-hybridized carbons (Fsp3) is 0.368. The molecule has 0 nitrogen and oxygen atoms in total. The third-order valence-corrected chi connectivity index (χ3v) is 6.55. The highest BCUT2D eigenvalue weighted by atomic mass is 31.1. The summed E-state index contributed by atoms with van der Waals surface area (Å²) in [5.41, 5.74) is 6.80. The van der Waals surface area contributed by atoms with Crippen LogP contribution < -0.4 is 5.30 Å². The topological polar surface area (TPSA) is 0 Å². The molecule has 0 aromatic heterocycles. The van der Waals surface area contributed by atoms with Gasteiger partial charge in [0.25, 0.3) is 0 Å². The fourth-order valence-corrected chi connectivity index (χ4v) is 4.75. The number of hydrogen-bond donors (Lipinski definition) is 0. The molecule has 0 amide bonds. The minimum Gasteiger partial charge on any atom is -0.0988 e. The van der Waals surface area contributed by atoms with Crippen LogP contribution in [-0.2, 0) is 0 Å². The van der Waals surface area contributed by atoms with Gasteiger partial charge in [-0.15, -0.1) is 0 Å². The first-order chi connectivity index (χ1) is 9.27. The van der Waals surface area contributed by atoms with Gasteiger partial charge >= 0.3 is 0 Å². The molecule has 1 rings (SSSR count). The molecule has 0 N–H and O–H groups in total. The molecule has 1 heteroatoms. The molecule has 0 spiro atoms. The summed E-state index contributed by atoms with van der Waals surface area (Å²) in [6, 6.07) is 4.60. The second-order valence-electron chi connectivity index (χ2n) is 5.67. The highest BCUT2D eigenvalue weighted by molar-refractivity contribution is 7.69. The normalized spacial score (nSPS) is 14.8. The van der Waals surface area contributed by atoms with Crippen molar-refractivity contribution in [3.8, 4) is 0 Å². The Labute approximate surface area is 126 Å². The van der Waals surface area contributed by atoms with Gasteiger partial charge in [0, 0.05) is 0 Å². The Bertz CT molecular complexity index is 550. The molecule has 1 aromatic carbocycles. The molecule has 108 valence electrons. The molecule has 20 heavy (non-hydrogen) atoms. The Morgan fingerprint density at radius 2 is 1.55 bits per heavy atom. The van der Waals surface area contributed by atoms with Crippen molar-refractivity contribution in [3.63, 3.8) is 0 Å². The van der Waals surface area contributed by atoms with Crippen LogP contribution in [0.15, 0.2) is 47.3 Å². The van der Waals surface area contributed by atoms with Gasteiger partial charge in [-0.2, -0.15) is 0 Å². The first kappa shape index (κ1) is 16.9. The fourth-order valence-electron chi connectivity index (χ4n) is 2.64. The summed E-state index contributed by atoms with van der Waals surface area (Å²) in [4.78, 5) is 0. The summed E-state index contributed by atoms with van der Waals surface area (Å²) >= 11 is 0. The van der Waals surface area contributed by atoms with Crippen molar-refractivity contribution in [1.29, 1.82) is 0 Å². The quantitative estimate of drug-likeness (QED) is 0.486. The maximum absolute atomic E-state index is 3.83. The van der Waals surface area contributed by atoms with Gasteiger partial charge in [-0.3, -0.25) is 0 Å². The predicted octanol–water partition coefficient (Wildman–Crippen LogP) is 5.78. The van der Waals surface area contributed by atoms with E-state index in [9.17, 15) is 0 Å². The minimum absolute atomic E-state index is 0.265. The van der Waals surface area contributed by atoms with E-state index >= 15 is 0 Å². The summed E-state index contributed by atoms with van der Waals surface area (Å²) < 4.78 is 0. The average Bonchev–Trinajstić information content (AvgIpc) is 2.36. The number of hydrogen-bond acceptors (Lipinski definition) is 0. The van der Waals surface area contributed by atoms with Crippen molar-refractivity contribution in [1.82, 2.24) is 0 Å². The highest BCUT2D eigenvalue weighted by Crippen LogP contribution is 2.43. The van der Waals surface area contributed by atoms with Crippen LogP contribution in [0.3, 0.4) is 0 Å². The standard InChI is InChI=1S/C19H27P/c1-9-13(2)10-15(4)18(7)20(8)19-16(5)11-14(3)12-17(19)6/h9-12H,1H2,2-8H3/b13-10-,18-15+. The summed E-state index contributed by atoms with van der Waals surface area (Å²) in [6.07, 6.45) is 4.15. The molecular weight excluding hydrogens is 259 g/mol. The van der Waals surface area contributed by atoms with Crippen LogP contribution in [0.5, 0.6) is 0 Å².